The van der Waals surface area contributed by atoms with Gasteiger partial charge in [0.05, 0.1) is 7.11 Å². The number of nitrogens with two attached hydrogens (primary N) is 1. The van der Waals surface area contributed by atoms with Crippen molar-refractivity contribution in [3.63, 3.8) is 0 Å². The number of rotatable bonds is 7. The Hall–Kier alpha value is -1.84. The Balaban J connectivity index is 0.00000288. The molecule has 0 atom stereocenters. The fourth-order valence-electron chi connectivity index (χ4n) is 1.94. The fourth-order valence-corrected chi connectivity index (χ4v) is 1.94. The van der Waals surface area contributed by atoms with Gasteiger partial charge >= 0.3 is 0 Å². The molecule has 0 amide bonds. The molecule has 7 nitrogen and oxygen atoms in total. The average molecular weight is 444 g/mol. The summed E-state index contributed by atoms with van der Waals surface area (Å²) in [6.45, 7) is 5.53. The molecule has 132 valence electrons. The molecular formula is C16H25IN6O. The van der Waals surface area contributed by atoms with Crippen LogP contribution in [-0.4, -0.2) is 34.8 Å². The maximum absolute atomic E-state index is 5.82. The lowest BCUT2D eigenvalue weighted by atomic mass is 10.1. The standard InChI is InChI=1S/C16H24N6O.HI/c1-11(2)8-9-18-16(17)19-10-14-20-15(22-21-14)12-4-6-13(23-3)7-5-12;/h4-7,11H,8-10H2,1-3H3,(H3,17,18,19)(H,20,21,22);1H. The van der Waals surface area contributed by atoms with Crippen LogP contribution in [0.2, 0.25) is 0 Å². The number of guanidine groups is 1. The first kappa shape index (κ1) is 20.2. The maximum atomic E-state index is 5.82. The fraction of sp³-hybridized carbons (Fsp3) is 0.438. The first-order valence-corrected chi connectivity index (χ1v) is 7.68. The van der Waals surface area contributed by atoms with Crippen molar-refractivity contribution in [1.82, 2.24) is 20.5 Å². The molecule has 0 fully saturated rings. The minimum Gasteiger partial charge on any atom is -0.497 e. The summed E-state index contributed by atoms with van der Waals surface area (Å²) in [6, 6.07) is 7.58. The third-order valence-electron chi connectivity index (χ3n) is 3.31. The minimum absolute atomic E-state index is 0. The van der Waals surface area contributed by atoms with Crippen LogP contribution in [0, 0.1) is 5.92 Å². The number of hydrogen-bond acceptors (Lipinski definition) is 4. The minimum atomic E-state index is 0. The summed E-state index contributed by atoms with van der Waals surface area (Å²) < 4.78 is 5.13. The van der Waals surface area contributed by atoms with E-state index in [9.17, 15) is 0 Å². The van der Waals surface area contributed by atoms with Gasteiger partial charge in [-0.15, -0.1) is 24.0 Å². The van der Waals surface area contributed by atoms with Gasteiger partial charge in [-0.05, 0) is 36.6 Å². The first-order valence-electron chi connectivity index (χ1n) is 7.68. The Morgan fingerprint density at radius 1 is 1.33 bits per heavy atom. The van der Waals surface area contributed by atoms with Gasteiger partial charge in [-0.25, -0.2) is 9.98 Å². The van der Waals surface area contributed by atoms with Crippen molar-refractivity contribution in [2.75, 3.05) is 13.7 Å². The van der Waals surface area contributed by atoms with Crippen LogP contribution in [-0.2, 0) is 6.54 Å². The van der Waals surface area contributed by atoms with E-state index in [4.69, 9.17) is 10.5 Å². The van der Waals surface area contributed by atoms with Gasteiger partial charge < -0.3 is 15.8 Å². The number of H-pyrrole nitrogens is 1. The molecule has 1 aromatic carbocycles. The van der Waals surface area contributed by atoms with Gasteiger partial charge in [-0.1, -0.05) is 13.8 Å². The Morgan fingerprint density at radius 2 is 2.04 bits per heavy atom. The molecule has 0 unspecified atom stereocenters. The summed E-state index contributed by atoms with van der Waals surface area (Å²) in [5.41, 5.74) is 6.74. The lowest BCUT2D eigenvalue weighted by molar-refractivity contribution is 0.415. The summed E-state index contributed by atoms with van der Waals surface area (Å²) >= 11 is 0. The highest BCUT2D eigenvalue weighted by atomic mass is 127. The third-order valence-corrected chi connectivity index (χ3v) is 3.31. The molecular weight excluding hydrogens is 419 g/mol. The molecule has 0 radical (unpaired) electrons. The summed E-state index contributed by atoms with van der Waals surface area (Å²) in [5, 5.41) is 10.2. The van der Waals surface area contributed by atoms with E-state index in [2.05, 4.69) is 39.3 Å². The number of benzene rings is 1. The van der Waals surface area contributed by atoms with E-state index in [0.29, 0.717) is 30.1 Å². The molecule has 0 bridgehead atoms. The van der Waals surface area contributed by atoms with E-state index in [1.165, 1.54) is 0 Å². The van der Waals surface area contributed by atoms with E-state index in [-0.39, 0.29) is 24.0 Å². The first-order chi connectivity index (χ1) is 11.1. The van der Waals surface area contributed by atoms with Crippen molar-refractivity contribution in [2.45, 2.75) is 26.8 Å². The van der Waals surface area contributed by atoms with Crippen molar-refractivity contribution in [3.8, 4) is 17.1 Å². The van der Waals surface area contributed by atoms with Crippen LogP contribution < -0.4 is 15.8 Å². The zero-order chi connectivity index (χ0) is 16.7. The number of ether oxygens (including phenoxy) is 1. The zero-order valence-corrected chi connectivity index (χ0v) is 16.6. The molecule has 4 N–H and O–H groups in total. The molecule has 0 saturated carbocycles. The van der Waals surface area contributed by atoms with E-state index in [1.54, 1.807) is 7.11 Å². The van der Waals surface area contributed by atoms with Gasteiger partial charge in [0.1, 0.15) is 18.1 Å². The van der Waals surface area contributed by atoms with Gasteiger partial charge in [0, 0.05) is 12.1 Å². The average Bonchev–Trinajstić information content (AvgIpc) is 3.01. The third kappa shape index (κ3) is 6.34. The molecule has 8 heteroatoms. The highest BCUT2D eigenvalue weighted by Gasteiger charge is 2.06. The molecule has 1 aromatic heterocycles. The number of aromatic amines is 1. The maximum Gasteiger partial charge on any atom is 0.189 e. The van der Waals surface area contributed by atoms with E-state index in [0.717, 1.165) is 24.3 Å². The SMILES string of the molecule is COc1ccc(-c2n[nH]c(CN=C(N)NCCC(C)C)n2)cc1.I. The molecule has 0 aliphatic rings. The Kier molecular flexibility index (Phi) is 8.51. The highest BCUT2D eigenvalue weighted by Crippen LogP contribution is 2.18. The number of aromatic nitrogens is 3. The number of hydrogen-bond donors (Lipinski definition) is 3. The van der Waals surface area contributed by atoms with Gasteiger partial charge in [-0.3, -0.25) is 5.10 Å². The summed E-state index contributed by atoms with van der Waals surface area (Å²) in [4.78, 5) is 8.67. The van der Waals surface area contributed by atoms with Crippen molar-refractivity contribution in [2.24, 2.45) is 16.6 Å². The van der Waals surface area contributed by atoms with Gasteiger partial charge in [0.25, 0.3) is 0 Å². The normalized spacial score (nSPS) is 11.2. The molecule has 2 rings (SSSR count). The van der Waals surface area contributed by atoms with Gasteiger partial charge in [0.15, 0.2) is 11.8 Å². The summed E-state index contributed by atoms with van der Waals surface area (Å²) in [5.74, 6) is 3.16. The number of methoxy groups -OCH3 is 1. The number of halogens is 1. The second-order valence-electron chi connectivity index (χ2n) is 5.64. The van der Waals surface area contributed by atoms with Crippen molar-refractivity contribution < 1.29 is 4.74 Å². The second kappa shape index (κ2) is 10.1. The molecule has 0 saturated heterocycles. The van der Waals surface area contributed by atoms with Crippen LogP contribution in [0.1, 0.15) is 26.1 Å². The van der Waals surface area contributed by atoms with Crippen LogP contribution in [0.4, 0.5) is 0 Å². The number of nitrogens with zero attached hydrogens (tertiary/aromatic N) is 3. The van der Waals surface area contributed by atoms with Gasteiger partial charge in [0.2, 0.25) is 0 Å². The molecule has 0 aliphatic carbocycles. The molecule has 1 heterocycles. The van der Waals surface area contributed by atoms with Crippen molar-refractivity contribution >= 4 is 29.9 Å². The van der Waals surface area contributed by atoms with Crippen molar-refractivity contribution in [3.05, 3.63) is 30.1 Å². The highest BCUT2D eigenvalue weighted by molar-refractivity contribution is 14.0. The largest absolute Gasteiger partial charge is 0.497 e. The number of aliphatic imine (C=N–C) groups is 1. The monoisotopic (exact) mass is 444 g/mol. The predicted molar refractivity (Wildman–Crippen MR) is 107 cm³/mol. The van der Waals surface area contributed by atoms with Crippen LogP contribution >= 0.6 is 24.0 Å². The Bertz CT molecular complexity index is 638. The predicted octanol–water partition coefficient (Wildman–Crippen LogP) is 2.55. The van der Waals surface area contributed by atoms with Gasteiger partial charge in [-0.2, -0.15) is 5.10 Å². The quantitative estimate of drug-likeness (QED) is 0.346. The number of nitrogens with one attached hydrogen (secondary N) is 2. The smallest absolute Gasteiger partial charge is 0.189 e. The Labute approximate surface area is 159 Å². The van der Waals surface area contributed by atoms with Crippen LogP contribution in [0.5, 0.6) is 5.75 Å². The zero-order valence-electron chi connectivity index (χ0n) is 14.2. The molecule has 0 aliphatic heterocycles. The van der Waals surface area contributed by atoms with E-state index in [1.807, 2.05) is 24.3 Å². The van der Waals surface area contributed by atoms with Crippen molar-refractivity contribution in [1.29, 1.82) is 0 Å². The molecule has 24 heavy (non-hydrogen) atoms. The van der Waals surface area contributed by atoms with E-state index >= 15 is 0 Å². The molecule has 2 aromatic rings. The topological polar surface area (TPSA) is 101 Å². The molecule has 0 spiro atoms. The van der Waals surface area contributed by atoms with Crippen LogP contribution in [0.15, 0.2) is 29.3 Å². The lowest BCUT2D eigenvalue weighted by Crippen LogP contribution is -2.32. The van der Waals surface area contributed by atoms with E-state index < -0.39 is 0 Å². The Morgan fingerprint density at radius 3 is 2.67 bits per heavy atom. The second-order valence-corrected chi connectivity index (χ2v) is 5.64. The van der Waals surface area contributed by atoms with Crippen LogP contribution in [0.3, 0.4) is 0 Å². The summed E-state index contributed by atoms with van der Waals surface area (Å²) in [7, 11) is 1.64. The van der Waals surface area contributed by atoms with Crippen LogP contribution in [0.25, 0.3) is 11.4 Å². The summed E-state index contributed by atoms with van der Waals surface area (Å²) in [6.07, 6.45) is 1.06. The lowest BCUT2D eigenvalue weighted by Gasteiger charge is -2.06.